The molecule has 0 N–H and O–H groups in total. The molecule has 0 aromatic heterocycles. The number of hydrogen-bond acceptors (Lipinski definition) is 3. The fraction of sp³-hybridized carbons (Fsp3) is 0.867. The molecular formula is C15H22O3. The summed E-state index contributed by atoms with van der Waals surface area (Å²) in [4.78, 5) is 23.9. The molecule has 0 spiro atoms. The van der Waals surface area contributed by atoms with Crippen LogP contribution in [0.1, 0.15) is 46.5 Å². The van der Waals surface area contributed by atoms with Gasteiger partial charge in [0.15, 0.2) is 0 Å². The number of ether oxygens (including phenoxy) is 1. The number of carbonyl (C=O) groups excluding carboxylic acids is 2. The summed E-state index contributed by atoms with van der Waals surface area (Å²) >= 11 is 0. The van der Waals surface area contributed by atoms with Gasteiger partial charge in [0.25, 0.3) is 0 Å². The Hall–Kier alpha value is -0.860. The topological polar surface area (TPSA) is 43.4 Å². The third-order valence-electron chi connectivity index (χ3n) is 6.04. The summed E-state index contributed by atoms with van der Waals surface area (Å²) in [7, 11) is 0. The van der Waals surface area contributed by atoms with Crippen LogP contribution in [0.25, 0.3) is 0 Å². The molecule has 0 amide bonds. The van der Waals surface area contributed by atoms with E-state index in [0.717, 1.165) is 19.3 Å². The third-order valence-corrected chi connectivity index (χ3v) is 6.04. The molecule has 0 aromatic carbocycles. The van der Waals surface area contributed by atoms with Crippen LogP contribution in [-0.2, 0) is 14.3 Å². The predicted octanol–water partition coefficient (Wildman–Crippen LogP) is 2.58. The predicted molar refractivity (Wildman–Crippen MR) is 66.8 cm³/mol. The van der Waals surface area contributed by atoms with Crippen molar-refractivity contribution in [2.24, 2.45) is 29.1 Å². The molecule has 2 saturated carbocycles. The molecule has 0 bridgehead atoms. The number of Topliss-reactive ketones (excluding diaryl/α,β-unsaturated/α-hetero) is 1. The lowest BCUT2D eigenvalue weighted by molar-refractivity contribution is -0.150. The Labute approximate surface area is 108 Å². The number of hydrogen-bond donors (Lipinski definition) is 0. The molecule has 3 aliphatic rings. The van der Waals surface area contributed by atoms with Crippen molar-refractivity contribution in [2.75, 3.05) is 0 Å². The average molecular weight is 250 g/mol. The molecule has 3 heteroatoms. The van der Waals surface area contributed by atoms with Crippen molar-refractivity contribution in [2.45, 2.75) is 52.6 Å². The third kappa shape index (κ3) is 1.49. The number of carbonyl (C=O) groups is 2. The van der Waals surface area contributed by atoms with E-state index in [4.69, 9.17) is 4.74 Å². The Balaban J connectivity index is 1.92. The highest BCUT2D eigenvalue weighted by Gasteiger charge is 2.57. The van der Waals surface area contributed by atoms with E-state index in [9.17, 15) is 9.59 Å². The van der Waals surface area contributed by atoms with Gasteiger partial charge in [-0.2, -0.15) is 0 Å². The lowest BCUT2D eigenvalue weighted by Crippen LogP contribution is -2.50. The van der Waals surface area contributed by atoms with Crippen molar-refractivity contribution in [3.8, 4) is 0 Å². The molecule has 6 atom stereocenters. The fourth-order valence-corrected chi connectivity index (χ4v) is 4.43. The fourth-order valence-electron chi connectivity index (χ4n) is 4.43. The Morgan fingerprint density at radius 1 is 1.28 bits per heavy atom. The van der Waals surface area contributed by atoms with Crippen molar-refractivity contribution in [3.05, 3.63) is 0 Å². The monoisotopic (exact) mass is 250 g/mol. The second-order valence-electron chi connectivity index (χ2n) is 6.83. The second kappa shape index (κ2) is 3.82. The van der Waals surface area contributed by atoms with Gasteiger partial charge in [-0.25, -0.2) is 0 Å². The van der Waals surface area contributed by atoms with E-state index in [2.05, 4.69) is 13.8 Å². The minimum absolute atomic E-state index is 0.000162. The van der Waals surface area contributed by atoms with Gasteiger partial charge in [-0.1, -0.05) is 20.8 Å². The van der Waals surface area contributed by atoms with Gasteiger partial charge in [0.05, 0.1) is 5.92 Å². The summed E-state index contributed by atoms with van der Waals surface area (Å²) in [6, 6.07) is 0. The van der Waals surface area contributed by atoms with E-state index >= 15 is 0 Å². The highest BCUT2D eigenvalue weighted by molar-refractivity contribution is 5.83. The van der Waals surface area contributed by atoms with Gasteiger partial charge in [0, 0.05) is 18.3 Å². The van der Waals surface area contributed by atoms with Crippen LogP contribution >= 0.6 is 0 Å². The summed E-state index contributed by atoms with van der Waals surface area (Å²) in [5.41, 5.74) is 0.0821. The molecule has 2 aliphatic carbocycles. The van der Waals surface area contributed by atoms with Crippen molar-refractivity contribution < 1.29 is 14.3 Å². The largest absolute Gasteiger partial charge is 0.462 e. The zero-order chi connectivity index (χ0) is 13.1. The Bertz CT molecular complexity index is 403. The second-order valence-corrected chi connectivity index (χ2v) is 6.83. The first-order valence-electron chi connectivity index (χ1n) is 7.16. The van der Waals surface area contributed by atoms with Crippen LogP contribution in [-0.4, -0.2) is 17.9 Å². The van der Waals surface area contributed by atoms with Crippen molar-refractivity contribution in [1.29, 1.82) is 0 Å². The molecule has 3 rings (SSSR count). The van der Waals surface area contributed by atoms with E-state index in [1.807, 2.05) is 6.92 Å². The van der Waals surface area contributed by atoms with Crippen LogP contribution in [0.4, 0.5) is 0 Å². The summed E-state index contributed by atoms with van der Waals surface area (Å²) in [6.07, 6.45) is 3.46. The van der Waals surface area contributed by atoms with Crippen LogP contribution in [0, 0.1) is 29.1 Å². The minimum atomic E-state index is -0.0626. The lowest BCUT2D eigenvalue weighted by atomic mass is 9.52. The summed E-state index contributed by atoms with van der Waals surface area (Å²) in [5.74, 6) is 1.35. The first kappa shape index (κ1) is 12.2. The molecule has 100 valence electrons. The van der Waals surface area contributed by atoms with Crippen molar-refractivity contribution in [1.82, 2.24) is 0 Å². The quantitative estimate of drug-likeness (QED) is 0.621. The van der Waals surface area contributed by atoms with Gasteiger partial charge in [-0.15, -0.1) is 0 Å². The number of esters is 1. The molecule has 0 aromatic rings. The van der Waals surface area contributed by atoms with Gasteiger partial charge in [0.1, 0.15) is 11.9 Å². The molecular weight excluding hydrogens is 228 g/mol. The lowest BCUT2D eigenvalue weighted by Gasteiger charge is -2.51. The Kier molecular flexibility index (Phi) is 2.58. The highest BCUT2D eigenvalue weighted by atomic mass is 16.6. The van der Waals surface area contributed by atoms with Gasteiger partial charge in [-0.05, 0) is 30.6 Å². The first-order valence-corrected chi connectivity index (χ1v) is 7.16. The van der Waals surface area contributed by atoms with Crippen LogP contribution < -0.4 is 0 Å². The van der Waals surface area contributed by atoms with E-state index in [0.29, 0.717) is 24.0 Å². The molecule has 6 unspecified atom stereocenters. The van der Waals surface area contributed by atoms with E-state index in [-0.39, 0.29) is 29.3 Å². The normalized spacial score (nSPS) is 51.6. The smallest absolute Gasteiger partial charge is 0.309 e. The van der Waals surface area contributed by atoms with Crippen LogP contribution in [0.15, 0.2) is 0 Å². The van der Waals surface area contributed by atoms with Gasteiger partial charge < -0.3 is 4.74 Å². The zero-order valence-electron chi connectivity index (χ0n) is 11.4. The molecule has 3 fully saturated rings. The first-order chi connectivity index (χ1) is 8.43. The minimum Gasteiger partial charge on any atom is -0.462 e. The highest BCUT2D eigenvalue weighted by Crippen LogP contribution is 2.56. The molecule has 1 saturated heterocycles. The summed E-state index contributed by atoms with van der Waals surface area (Å²) in [5, 5.41) is 0. The van der Waals surface area contributed by atoms with Crippen molar-refractivity contribution >= 4 is 11.8 Å². The van der Waals surface area contributed by atoms with Gasteiger partial charge in [-0.3, -0.25) is 9.59 Å². The molecule has 1 heterocycles. The Morgan fingerprint density at radius 2 is 2.00 bits per heavy atom. The van der Waals surface area contributed by atoms with E-state index in [1.54, 1.807) is 0 Å². The maximum atomic E-state index is 12.2. The summed E-state index contributed by atoms with van der Waals surface area (Å²) < 4.78 is 5.46. The van der Waals surface area contributed by atoms with Crippen LogP contribution in [0.5, 0.6) is 0 Å². The Morgan fingerprint density at radius 3 is 2.72 bits per heavy atom. The summed E-state index contributed by atoms with van der Waals surface area (Å²) in [6.45, 7) is 6.50. The SMILES string of the molecule is CC1C(=O)OC2CC3C(=O)CCC(C)C3(C)CC21. The molecule has 1 aliphatic heterocycles. The number of rotatable bonds is 0. The molecule has 3 nitrogen and oxygen atoms in total. The van der Waals surface area contributed by atoms with E-state index in [1.165, 1.54) is 0 Å². The maximum Gasteiger partial charge on any atom is 0.309 e. The number of ketones is 1. The van der Waals surface area contributed by atoms with Crippen molar-refractivity contribution in [3.63, 3.8) is 0 Å². The zero-order valence-corrected chi connectivity index (χ0v) is 11.4. The number of fused-ring (bicyclic) bond motifs is 2. The van der Waals surface area contributed by atoms with Gasteiger partial charge >= 0.3 is 5.97 Å². The van der Waals surface area contributed by atoms with E-state index < -0.39 is 0 Å². The van der Waals surface area contributed by atoms with Gasteiger partial charge in [0.2, 0.25) is 0 Å². The molecule has 18 heavy (non-hydrogen) atoms. The maximum absolute atomic E-state index is 12.2. The average Bonchev–Trinajstić information content (AvgIpc) is 2.59. The van der Waals surface area contributed by atoms with Crippen LogP contribution in [0.2, 0.25) is 0 Å². The molecule has 0 radical (unpaired) electrons. The standard InChI is InChI=1S/C15H22O3/c1-8-4-5-12(16)11-6-13-10(7-15(8,11)3)9(2)14(17)18-13/h8-11,13H,4-7H2,1-3H3. The van der Waals surface area contributed by atoms with Crippen LogP contribution in [0.3, 0.4) is 0 Å².